The Balaban J connectivity index is 1.94. The van der Waals surface area contributed by atoms with Crippen molar-refractivity contribution in [3.8, 4) is 0 Å². The van der Waals surface area contributed by atoms with Gasteiger partial charge in [0.05, 0.1) is 0 Å². The van der Waals surface area contributed by atoms with Gasteiger partial charge in [0.1, 0.15) is 5.76 Å². The Bertz CT molecular complexity index is 468. The van der Waals surface area contributed by atoms with Gasteiger partial charge in [-0.2, -0.15) is 0 Å². The summed E-state index contributed by atoms with van der Waals surface area (Å²) >= 11 is 0. The van der Waals surface area contributed by atoms with Crippen molar-refractivity contribution in [3.63, 3.8) is 0 Å². The summed E-state index contributed by atoms with van der Waals surface area (Å²) in [5.74, 6) is 1.31. The molecule has 0 aliphatic heterocycles. The molecule has 0 bridgehead atoms. The van der Waals surface area contributed by atoms with E-state index in [0.717, 1.165) is 12.2 Å². The van der Waals surface area contributed by atoms with E-state index in [-0.39, 0.29) is 5.78 Å². The second kappa shape index (κ2) is 4.79. The minimum atomic E-state index is 0.0666. The van der Waals surface area contributed by atoms with E-state index < -0.39 is 0 Å². The van der Waals surface area contributed by atoms with Crippen LogP contribution in [0.1, 0.15) is 28.3 Å². The Kier molecular flexibility index (Phi) is 3.20. The number of benzene rings is 1. The number of carbonyl (C=O) groups is 1. The molecule has 0 fully saturated rings. The third kappa shape index (κ3) is 2.60. The molecule has 0 atom stereocenters. The first-order valence-electron chi connectivity index (χ1n) is 5.39. The zero-order valence-electron chi connectivity index (χ0n) is 9.27. The Morgan fingerprint density at radius 2 is 1.88 bits per heavy atom. The number of furan rings is 1. The van der Waals surface area contributed by atoms with Gasteiger partial charge < -0.3 is 4.42 Å². The minimum Gasteiger partial charge on any atom is -0.458 e. The van der Waals surface area contributed by atoms with Gasteiger partial charge in [0, 0.05) is 6.42 Å². The van der Waals surface area contributed by atoms with Gasteiger partial charge in [-0.25, -0.2) is 0 Å². The van der Waals surface area contributed by atoms with E-state index in [1.165, 1.54) is 5.56 Å². The molecule has 0 spiro atoms. The van der Waals surface area contributed by atoms with Crippen molar-refractivity contribution in [3.05, 3.63) is 59.5 Å². The highest BCUT2D eigenvalue weighted by atomic mass is 16.3. The first-order valence-corrected chi connectivity index (χ1v) is 5.39. The predicted octanol–water partition coefficient (Wildman–Crippen LogP) is 3.40. The van der Waals surface area contributed by atoms with Gasteiger partial charge in [-0.15, -0.1) is 0 Å². The molecule has 2 rings (SSSR count). The molecule has 0 aliphatic rings. The van der Waals surface area contributed by atoms with E-state index in [1.807, 2.05) is 43.3 Å². The van der Waals surface area contributed by atoms with Crippen molar-refractivity contribution in [2.45, 2.75) is 19.8 Å². The molecule has 0 saturated carbocycles. The molecule has 0 aliphatic carbocycles. The maximum Gasteiger partial charge on any atom is 0.198 e. The molecule has 0 amide bonds. The summed E-state index contributed by atoms with van der Waals surface area (Å²) in [5.41, 5.74) is 1.18. The highest BCUT2D eigenvalue weighted by molar-refractivity contribution is 5.93. The number of carbonyl (C=O) groups excluding carboxylic acids is 1. The van der Waals surface area contributed by atoms with Gasteiger partial charge in [-0.1, -0.05) is 30.3 Å². The zero-order valence-corrected chi connectivity index (χ0v) is 9.27. The molecule has 1 heterocycles. The highest BCUT2D eigenvalue weighted by Crippen LogP contribution is 2.11. The normalized spacial score (nSPS) is 10.3. The van der Waals surface area contributed by atoms with Crippen LogP contribution in [-0.2, 0) is 6.42 Å². The van der Waals surface area contributed by atoms with Crippen molar-refractivity contribution in [2.75, 3.05) is 0 Å². The van der Waals surface area contributed by atoms with Crippen molar-refractivity contribution in [1.29, 1.82) is 0 Å². The van der Waals surface area contributed by atoms with Crippen LogP contribution < -0.4 is 0 Å². The molecular formula is C14H14O2. The first-order chi connectivity index (χ1) is 7.75. The van der Waals surface area contributed by atoms with E-state index in [4.69, 9.17) is 4.42 Å². The molecule has 2 aromatic rings. The number of hydrogen-bond donors (Lipinski definition) is 0. The summed E-state index contributed by atoms with van der Waals surface area (Å²) in [5, 5.41) is 0. The van der Waals surface area contributed by atoms with Gasteiger partial charge in [-0.05, 0) is 31.0 Å². The summed E-state index contributed by atoms with van der Waals surface area (Å²) in [6.07, 6.45) is 1.26. The van der Waals surface area contributed by atoms with Crippen LogP contribution in [0.5, 0.6) is 0 Å². The van der Waals surface area contributed by atoms with Crippen LogP contribution >= 0.6 is 0 Å². The first kappa shape index (κ1) is 10.7. The molecule has 1 aromatic carbocycles. The molecule has 2 nitrogen and oxygen atoms in total. The molecular weight excluding hydrogens is 200 g/mol. The SMILES string of the molecule is Cc1ccc(C(=O)CCc2ccccc2)o1. The Morgan fingerprint density at radius 1 is 1.12 bits per heavy atom. The second-order valence-electron chi connectivity index (χ2n) is 3.82. The lowest BCUT2D eigenvalue weighted by atomic mass is 10.1. The molecule has 2 heteroatoms. The van der Waals surface area contributed by atoms with Crippen LogP contribution in [0.4, 0.5) is 0 Å². The van der Waals surface area contributed by atoms with Crippen LogP contribution in [0.3, 0.4) is 0 Å². The second-order valence-corrected chi connectivity index (χ2v) is 3.82. The van der Waals surface area contributed by atoms with E-state index in [2.05, 4.69) is 0 Å². The highest BCUT2D eigenvalue weighted by Gasteiger charge is 2.09. The van der Waals surface area contributed by atoms with Crippen LogP contribution in [0.2, 0.25) is 0 Å². The van der Waals surface area contributed by atoms with E-state index in [0.29, 0.717) is 12.2 Å². The summed E-state index contributed by atoms with van der Waals surface area (Å²) in [4.78, 5) is 11.7. The Hall–Kier alpha value is -1.83. The van der Waals surface area contributed by atoms with Gasteiger partial charge in [0.25, 0.3) is 0 Å². The van der Waals surface area contributed by atoms with Crippen molar-refractivity contribution >= 4 is 5.78 Å². The smallest absolute Gasteiger partial charge is 0.198 e. The number of ketones is 1. The third-order valence-electron chi connectivity index (χ3n) is 2.50. The quantitative estimate of drug-likeness (QED) is 0.730. The molecule has 16 heavy (non-hydrogen) atoms. The van der Waals surface area contributed by atoms with Crippen molar-refractivity contribution in [2.24, 2.45) is 0 Å². The molecule has 82 valence electrons. The molecule has 0 radical (unpaired) electrons. The maximum atomic E-state index is 11.7. The Labute approximate surface area is 94.9 Å². The summed E-state index contributed by atoms with van der Waals surface area (Å²) in [6.45, 7) is 1.84. The average Bonchev–Trinajstić information content (AvgIpc) is 2.74. The Morgan fingerprint density at radius 3 is 2.50 bits per heavy atom. The van der Waals surface area contributed by atoms with Gasteiger partial charge in [0.2, 0.25) is 0 Å². The zero-order chi connectivity index (χ0) is 11.4. The summed E-state index contributed by atoms with van der Waals surface area (Å²) in [7, 11) is 0. The van der Waals surface area contributed by atoms with Gasteiger partial charge in [-0.3, -0.25) is 4.79 Å². The topological polar surface area (TPSA) is 30.2 Å². The predicted molar refractivity (Wildman–Crippen MR) is 62.5 cm³/mol. The number of aryl methyl sites for hydroxylation is 2. The van der Waals surface area contributed by atoms with Crippen molar-refractivity contribution < 1.29 is 9.21 Å². The van der Waals surface area contributed by atoms with Crippen molar-refractivity contribution in [1.82, 2.24) is 0 Å². The maximum absolute atomic E-state index is 11.7. The largest absolute Gasteiger partial charge is 0.458 e. The van der Waals surface area contributed by atoms with E-state index in [1.54, 1.807) is 6.07 Å². The average molecular weight is 214 g/mol. The van der Waals surface area contributed by atoms with Crippen LogP contribution in [-0.4, -0.2) is 5.78 Å². The monoisotopic (exact) mass is 214 g/mol. The van der Waals surface area contributed by atoms with Crippen LogP contribution in [0.15, 0.2) is 46.9 Å². The fourth-order valence-electron chi connectivity index (χ4n) is 1.61. The lowest BCUT2D eigenvalue weighted by Gasteiger charge is -1.98. The molecule has 0 saturated heterocycles. The van der Waals surface area contributed by atoms with Gasteiger partial charge in [0.15, 0.2) is 11.5 Å². The number of Topliss-reactive ketones (excluding diaryl/α,β-unsaturated/α-hetero) is 1. The summed E-state index contributed by atoms with van der Waals surface area (Å²) < 4.78 is 5.28. The lowest BCUT2D eigenvalue weighted by molar-refractivity contribution is 0.0955. The van der Waals surface area contributed by atoms with E-state index in [9.17, 15) is 4.79 Å². The molecule has 0 N–H and O–H groups in total. The molecule has 0 unspecified atom stereocenters. The van der Waals surface area contributed by atoms with E-state index >= 15 is 0 Å². The van der Waals surface area contributed by atoms with Crippen LogP contribution in [0.25, 0.3) is 0 Å². The number of hydrogen-bond acceptors (Lipinski definition) is 2. The number of rotatable bonds is 4. The molecule has 1 aromatic heterocycles. The summed E-state index contributed by atoms with van der Waals surface area (Å²) in [6, 6.07) is 13.6. The third-order valence-corrected chi connectivity index (χ3v) is 2.50. The minimum absolute atomic E-state index is 0.0666. The standard InChI is InChI=1S/C14H14O2/c1-11-7-10-14(16-11)13(15)9-8-12-5-3-2-4-6-12/h2-7,10H,8-9H2,1H3. The fraction of sp³-hybridized carbons (Fsp3) is 0.214. The van der Waals surface area contributed by atoms with Gasteiger partial charge >= 0.3 is 0 Å². The lowest BCUT2D eigenvalue weighted by Crippen LogP contribution is -1.99. The fourth-order valence-corrected chi connectivity index (χ4v) is 1.61. The van der Waals surface area contributed by atoms with Crippen LogP contribution in [0, 0.1) is 6.92 Å².